The van der Waals surface area contributed by atoms with E-state index in [0.29, 0.717) is 6.54 Å². The molecule has 1 amide bonds. The molecule has 3 rings (SSSR count). The van der Waals surface area contributed by atoms with E-state index in [1.165, 1.54) is 0 Å². The first-order valence-corrected chi connectivity index (χ1v) is 4.71. The van der Waals surface area contributed by atoms with Gasteiger partial charge in [0.1, 0.15) is 5.65 Å². The van der Waals surface area contributed by atoms with Crippen molar-refractivity contribution in [2.24, 2.45) is 0 Å². The number of ether oxygens (including phenoxy) is 1. The van der Waals surface area contributed by atoms with Gasteiger partial charge in [0.15, 0.2) is 6.10 Å². The second-order valence-corrected chi connectivity index (χ2v) is 3.39. The largest absolute Gasteiger partial charge is 0.438 e. The summed E-state index contributed by atoms with van der Waals surface area (Å²) in [5.74, 6) is 0. The van der Waals surface area contributed by atoms with Crippen LogP contribution in [0.4, 0.5) is 4.79 Å². The molecule has 0 saturated carbocycles. The minimum atomic E-state index is -0.370. The van der Waals surface area contributed by atoms with E-state index in [2.05, 4.69) is 10.3 Å². The number of hydrogen-bond donors (Lipinski definition) is 1. The van der Waals surface area contributed by atoms with Crippen LogP contribution in [0, 0.1) is 0 Å². The Morgan fingerprint density at radius 2 is 2.47 bits per heavy atom. The second-order valence-electron chi connectivity index (χ2n) is 3.39. The van der Waals surface area contributed by atoms with Crippen LogP contribution in [0.5, 0.6) is 0 Å². The molecule has 5 nitrogen and oxygen atoms in total. The van der Waals surface area contributed by atoms with Gasteiger partial charge in [0.25, 0.3) is 0 Å². The van der Waals surface area contributed by atoms with Crippen molar-refractivity contribution < 1.29 is 9.53 Å². The molecule has 1 N–H and O–H groups in total. The number of amides is 1. The summed E-state index contributed by atoms with van der Waals surface area (Å²) >= 11 is 0. The molecule has 0 radical (unpaired) electrons. The number of carbonyl (C=O) groups is 1. The highest BCUT2D eigenvalue weighted by Crippen LogP contribution is 2.21. The summed E-state index contributed by atoms with van der Waals surface area (Å²) in [7, 11) is 0. The monoisotopic (exact) mass is 203 g/mol. The van der Waals surface area contributed by atoms with Crippen LogP contribution in [0.3, 0.4) is 0 Å². The van der Waals surface area contributed by atoms with E-state index in [-0.39, 0.29) is 12.2 Å². The van der Waals surface area contributed by atoms with Crippen molar-refractivity contribution in [3.63, 3.8) is 0 Å². The normalized spacial score (nSPS) is 20.3. The number of aromatic nitrogens is 2. The molecule has 0 aliphatic carbocycles. The average molecular weight is 203 g/mol. The maximum Gasteiger partial charge on any atom is 0.408 e. The predicted octanol–water partition coefficient (Wildman–Crippen LogP) is 1.12. The summed E-state index contributed by atoms with van der Waals surface area (Å²) < 4.78 is 7.02. The van der Waals surface area contributed by atoms with E-state index < -0.39 is 0 Å². The van der Waals surface area contributed by atoms with Gasteiger partial charge in [0, 0.05) is 6.20 Å². The number of fused-ring (bicyclic) bond motifs is 1. The zero-order valence-corrected chi connectivity index (χ0v) is 7.88. The fourth-order valence-electron chi connectivity index (χ4n) is 1.74. The maximum absolute atomic E-state index is 10.9. The number of hydrogen-bond acceptors (Lipinski definition) is 3. The van der Waals surface area contributed by atoms with E-state index >= 15 is 0 Å². The zero-order valence-electron chi connectivity index (χ0n) is 7.88. The Balaban J connectivity index is 2.07. The minimum absolute atomic E-state index is 0.241. The molecule has 1 unspecified atom stereocenters. The van der Waals surface area contributed by atoms with Crippen LogP contribution >= 0.6 is 0 Å². The van der Waals surface area contributed by atoms with Crippen molar-refractivity contribution in [1.82, 2.24) is 14.7 Å². The number of imidazole rings is 1. The quantitative estimate of drug-likeness (QED) is 0.755. The first kappa shape index (κ1) is 8.28. The Morgan fingerprint density at radius 1 is 1.53 bits per heavy atom. The zero-order chi connectivity index (χ0) is 10.3. The van der Waals surface area contributed by atoms with Crippen molar-refractivity contribution in [1.29, 1.82) is 0 Å². The molecule has 0 spiro atoms. The average Bonchev–Trinajstić information content (AvgIpc) is 2.83. The lowest BCUT2D eigenvalue weighted by molar-refractivity contribution is 0.138. The van der Waals surface area contributed by atoms with Crippen molar-refractivity contribution in [3.8, 4) is 0 Å². The number of rotatable bonds is 1. The molecule has 3 heterocycles. The number of cyclic esters (lactones) is 1. The fraction of sp³-hybridized carbons (Fsp3) is 0.200. The third kappa shape index (κ3) is 1.24. The van der Waals surface area contributed by atoms with Crippen molar-refractivity contribution >= 4 is 11.7 Å². The third-order valence-electron chi connectivity index (χ3n) is 2.46. The smallest absolute Gasteiger partial charge is 0.408 e. The minimum Gasteiger partial charge on any atom is -0.438 e. The summed E-state index contributed by atoms with van der Waals surface area (Å²) in [6, 6.07) is 5.75. The molecule has 1 atom stereocenters. The van der Waals surface area contributed by atoms with E-state index in [0.717, 1.165) is 11.3 Å². The van der Waals surface area contributed by atoms with Gasteiger partial charge in [-0.25, -0.2) is 9.78 Å². The summed E-state index contributed by atoms with van der Waals surface area (Å²) in [4.78, 5) is 15.2. The summed E-state index contributed by atoms with van der Waals surface area (Å²) in [5, 5.41) is 2.62. The van der Waals surface area contributed by atoms with Crippen LogP contribution in [-0.2, 0) is 4.74 Å². The highest BCUT2D eigenvalue weighted by atomic mass is 16.6. The molecule has 1 saturated heterocycles. The van der Waals surface area contributed by atoms with Crippen molar-refractivity contribution in [3.05, 3.63) is 36.3 Å². The van der Waals surface area contributed by atoms with Crippen LogP contribution in [0.25, 0.3) is 5.65 Å². The third-order valence-corrected chi connectivity index (χ3v) is 2.46. The summed E-state index contributed by atoms with van der Waals surface area (Å²) in [5.41, 5.74) is 1.75. The maximum atomic E-state index is 10.9. The van der Waals surface area contributed by atoms with Gasteiger partial charge in [-0.3, -0.25) is 0 Å². The first-order valence-electron chi connectivity index (χ1n) is 4.71. The number of carbonyl (C=O) groups excluding carboxylic acids is 1. The van der Waals surface area contributed by atoms with E-state index in [9.17, 15) is 4.79 Å². The topological polar surface area (TPSA) is 55.6 Å². The molecule has 76 valence electrons. The second kappa shape index (κ2) is 2.98. The standard InChI is InChI=1S/C10H9N3O2/c14-10-12-6-8(15-10)7-5-11-9-3-1-2-4-13(7)9/h1-5,8H,6H2,(H,12,14). The SMILES string of the molecule is O=C1NCC(c2cnc3ccccn23)O1. The lowest BCUT2D eigenvalue weighted by atomic mass is 10.3. The molecule has 2 aromatic rings. The van der Waals surface area contributed by atoms with Crippen LogP contribution in [0.1, 0.15) is 11.8 Å². The number of pyridine rings is 1. The van der Waals surface area contributed by atoms with Crippen LogP contribution in [-0.4, -0.2) is 22.0 Å². The number of nitrogens with one attached hydrogen (secondary N) is 1. The molecule has 0 bridgehead atoms. The number of nitrogens with zero attached hydrogens (tertiary/aromatic N) is 2. The lowest BCUT2D eigenvalue weighted by Crippen LogP contribution is -2.12. The highest BCUT2D eigenvalue weighted by molar-refractivity contribution is 5.69. The molecular weight excluding hydrogens is 194 g/mol. The molecule has 0 aromatic carbocycles. The van der Waals surface area contributed by atoms with Crippen molar-refractivity contribution in [2.75, 3.05) is 6.54 Å². The van der Waals surface area contributed by atoms with Gasteiger partial charge < -0.3 is 14.5 Å². The molecule has 1 aliphatic heterocycles. The Morgan fingerprint density at radius 3 is 3.27 bits per heavy atom. The van der Waals surface area contributed by atoms with E-state index in [4.69, 9.17) is 4.74 Å². The Hall–Kier alpha value is -2.04. The molecule has 1 aliphatic rings. The van der Waals surface area contributed by atoms with Crippen LogP contribution in [0.2, 0.25) is 0 Å². The van der Waals surface area contributed by atoms with Gasteiger partial charge in [-0.2, -0.15) is 0 Å². The highest BCUT2D eigenvalue weighted by Gasteiger charge is 2.26. The Bertz CT molecular complexity index is 520. The Labute approximate surface area is 85.7 Å². The van der Waals surface area contributed by atoms with E-state index in [1.807, 2.05) is 28.8 Å². The number of alkyl carbamates (subject to hydrolysis) is 1. The van der Waals surface area contributed by atoms with Gasteiger partial charge in [-0.05, 0) is 12.1 Å². The summed E-state index contributed by atoms with van der Waals surface area (Å²) in [6.45, 7) is 0.502. The van der Waals surface area contributed by atoms with Crippen LogP contribution in [0.15, 0.2) is 30.6 Å². The first-order chi connectivity index (χ1) is 7.34. The van der Waals surface area contributed by atoms with Gasteiger partial charge in [-0.15, -0.1) is 0 Å². The molecule has 5 heteroatoms. The van der Waals surface area contributed by atoms with Gasteiger partial charge in [0.2, 0.25) is 0 Å². The van der Waals surface area contributed by atoms with Gasteiger partial charge >= 0.3 is 6.09 Å². The molecule has 2 aromatic heterocycles. The van der Waals surface area contributed by atoms with Crippen molar-refractivity contribution in [2.45, 2.75) is 6.10 Å². The summed E-state index contributed by atoms with van der Waals surface area (Å²) in [6.07, 6.45) is 3.03. The van der Waals surface area contributed by atoms with E-state index in [1.54, 1.807) is 6.20 Å². The van der Waals surface area contributed by atoms with Gasteiger partial charge in [0.05, 0.1) is 18.4 Å². The molecule has 15 heavy (non-hydrogen) atoms. The van der Waals surface area contributed by atoms with Crippen LogP contribution < -0.4 is 5.32 Å². The molecular formula is C10H9N3O2. The van der Waals surface area contributed by atoms with Gasteiger partial charge in [-0.1, -0.05) is 6.07 Å². The predicted molar refractivity (Wildman–Crippen MR) is 52.4 cm³/mol. The Kier molecular flexibility index (Phi) is 1.65. The fourth-order valence-corrected chi connectivity index (χ4v) is 1.74. The lowest BCUT2D eigenvalue weighted by Gasteiger charge is -2.06. The molecule has 1 fully saturated rings.